The Kier molecular flexibility index (Phi) is 5.74. The molecule has 0 spiro atoms. The van der Waals surface area contributed by atoms with Gasteiger partial charge in [0.2, 0.25) is 15.9 Å². The average Bonchev–Trinajstić information content (AvgIpc) is 2.64. The Morgan fingerprint density at radius 1 is 1.15 bits per heavy atom. The first-order chi connectivity index (χ1) is 12.4. The van der Waals surface area contributed by atoms with Crippen molar-refractivity contribution in [2.45, 2.75) is 17.7 Å². The third-order valence-corrected chi connectivity index (χ3v) is 6.91. The number of carbonyl (C=O) groups excluding carboxylic acids is 1. The molecule has 0 aliphatic carbocycles. The Morgan fingerprint density at radius 2 is 1.85 bits per heavy atom. The molecule has 0 radical (unpaired) electrons. The van der Waals surface area contributed by atoms with E-state index in [4.69, 9.17) is 0 Å². The molecular weight excluding hydrogens is 423 g/mol. The summed E-state index contributed by atoms with van der Waals surface area (Å²) in [6.07, 6.45) is 1.21. The van der Waals surface area contributed by atoms with Crippen LogP contribution in [0.1, 0.15) is 12.8 Å². The largest absolute Gasteiger partial charge is 0.325 e. The van der Waals surface area contributed by atoms with E-state index >= 15 is 0 Å². The van der Waals surface area contributed by atoms with Crippen LogP contribution in [0, 0.1) is 11.7 Å². The second-order valence-electron chi connectivity index (χ2n) is 6.13. The molecule has 3 rings (SSSR count). The highest BCUT2D eigenvalue weighted by Crippen LogP contribution is 2.26. The highest BCUT2D eigenvalue weighted by Gasteiger charge is 2.33. The van der Waals surface area contributed by atoms with Crippen LogP contribution in [0.2, 0.25) is 0 Å². The zero-order chi connectivity index (χ0) is 18.7. The summed E-state index contributed by atoms with van der Waals surface area (Å²) < 4.78 is 40.6. The van der Waals surface area contributed by atoms with Crippen molar-refractivity contribution in [2.75, 3.05) is 18.4 Å². The van der Waals surface area contributed by atoms with Gasteiger partial charge < -0.3 is 5.32 Å². The van der Waals surface area contributed by atoms with Crippen molar-refractivity contribution in [2.24, 2.45) is 5.92 Å². The number of anilines is 1. The van der Waals surface area contributed by atoms with Gasteiger partial charge in [-0.3, -0.25) is 4.79 Å². The first kappa shape index (κ1) is 19.0. The highest BCUT2D eigenvalue weighted by atomic mass is 79.9. The zero-order valence-corrected chi connectivity index (χ0v) is 16.3. The van der Waals surface area contributed by atoms with E-state index in [1.165, 1.54) is 16.4 Å². The van der Waals surface area contributed by atoms with Crippen molar-refractivity contribution in [1.29, 1.82) is 0 Å². The van der Waals surface area contributed by atoms with Crippen molar-refractivity contribution in [3.05, 3.63) is 58.8 Å². The molecule has 1 atom stereocenters. The van der Waals surface area contributed by atoms with Crippen LogP contribution in [0.5, 0.6) is 0 Å². The second kappa shape index (κ2) is 7.85. The van der Waals surface area contributed by atoms with Crippen LogP contribution < -0.4 is 5.32 Å². The molecule has 8 heteroatoms. The van der Waals surface area contributed by atoms with Crippen molar-refractivity contribution in [3.8, 4) is 0 Å². The van der Waals surface area contributed by atoms with Gasteiger partial charge >= 0.3 is 0 Å². The fourth-order valence-corrected chi connectivity index (χ4v) is 4.84. The van der Waals surface area contributed by atoms with Crippen LogP contribution in [-0.4, -0.2) is 31.7 Å². The molecule has 1 amide bonds. The van der Waals surface area contributed by atoms with Crippen LogP contribution in [0.4, 0.5) is 10.1 Å². The van der Waals surface area contributed by atoms with Gasteiger partial charge in [-0.2, -0.15) is 4.31 Å². The number of amides is 1. The minimum Gasteiger partial charge on any atom is -0.325 e. The summed E-state index contributed by atoms with van der Waals surface area (Å²) >= 11 is 3.38. The summed E-state index contributed by atoms with van der Waals surface area (Å²) in [6, 6.07) is 12.0. The Balaban J connectivity index is 1.73. The third-order valence-electron chi connectivity index (χ3n) is 4.34. The van der Waals surface area contributed by atoms with E-state index in [9.17, 15) is 17.6 Å². The Morgan fingerprint density at radius 3 is 2.54 bits per heavy atom. The number of para-hydroxylation sites is 1. The number of nitrogens with one attached hydrogen (secondary N) is 1. The quantitative estimate of drug-likeness (QED) is 0.788. The topological polar surface area (TPSA) is 66.5 Å². The van der Waals surface area contributed by atoms with Crippen molar-refractivity contribution in [1.82, 2.24) is 4.31 Å². The summed E-state index contributed by atoms with van der Waals surface area (Å²) in [5.41, 5.74) is 0.649. The smallest absolute Gasteiger partial charge is 0.243 e. The number of nitrogens with zero attached hydrogens (tertiary/aromatic N) is 1. The lowest BCUT2D eigenvalue weighted by molar-refractivity contribution is -0.120. The van der Waals surface area contributed by atoms with Gasteiger partial charge in [0.15, 0.2) is 0 Å². The van der Waals surface area contributed by atoms with E-state index < -0.39 is 21.8 Å². The molecule has 0 bridgehead atoms. The molecule has 26 heavy (non-hydrogen) atoms. The molecular formula is C18H18BrFN2O3S. The molecule has 1 aliphatic heterocycles. The molecule has 2 aromatic rings. The van der Waals surface area contributed by atoms with Crippen molar-refractivity contribution in [3.63, 3.8) is 0 Å². The molecule has 138 valence electrons. The standard InChI is InChI=1S/C18H18BrFN2O3S/c19-16-5-1-2-6-17(16)21-18(23)13-4-3-11-22(12-13)26(24,25)15-9-7-14(20)8-10-15/h1-2,5-10,13H,3-4,11-12H2,(H,21,23). The van der Waals surface area contributed by atoms with E-state index in [1.807, 2.05) is 18.2 Å². The molecule has 1 fully saturated rings. The summed E-state index contributed by atoms with van der Waals surface area (Å²) in [5, 5.41) is 2.84. The molecule has 5 nitrogen and oxygen atoms in total. The number of hydrogen-bond donors (Lipinski definition) is 1. The maximum atomic E-state index is 13.1. The second-order valence-corrected chi connectivity index (χ2v) is 8.92. The number of hydrogen-bond acceptors (Lipinski definition) is 3. The van der Waals surface area contributed by atoms with Crippen LogP contribution in [0.15, 0.2) is 57.9 Å². The molecule has 1 heterocycles. The van der Waals surface area contributed by atoms with Gasteiger partial charge in [-0.15, -0.1) is 0 Å². The average molecular weight is 441 g/mol. The lowest BCUT2D eigenvalue weighted by Crippen LogP contribution is -2.43. The number of piperidine rings is 1. The number of carbonyl (C=O) groups is 1. The molecule has 0 saturated carbocycles. The lowest BCUT2D eigenvalue weighted by Gasteiger charge is -2.31. The molecule has 1 unspecified atom stereocenters. The van der Waals surface area contributed by atoms with Crippen LogP contribution in [-0.2, 0) is 14.8 Å². The maximum Gasteiger partial charge on any atom is 0.243 e. The number of halogens is 2. The third kappa shape index (κ3) is 4.13. The lowest BCUT2D eigenvalue weighted by atomic mass is 9.99. The fourth-order valence-electron chi connectivity index (χ4n) is 2.93. The Hall–Kier alpha value is -1.77. The van der Waals surface area contributed by atoms with E-state index in [-0.39, 0.29) is 17.3 Å². The van der Waals surface area contributed by atoms with E-state index in [0.29, 0.717) is 25.1 Å². The van der Waals surface area contributed by atoms with Crippen molar-refractivity contribution >= 4 is 37.5 Å². The SMILES string of the molecule is O=C(Nc1ccccc1Br)C1CCCN(S(=O)(=O)c2ccc(F)cc2)C1. The van der Waals surface area contributed by atoms with E-state index in [1.54, 1.807) is 6.07 Å². The first-order valence-electron chi connectivity index (χ1n) is 8.19. The fraction of sp³-hybridized carbons (Fsp3) is 0.278. The van der Waals surface area contributed by atoms with Crippen LogP contribution >= 0.6 is 15.9 Å². The number of benzene rings is 2. The number of rotatable bonds is 4. The monoisotopic (exact) mass is 440 g/mol. The minimum atomic E-state index is -3.75. The van der Waals surface area contributed by atoms with Gasteiger partial charge in [-0.1, -0.05) is 12.1 Å². The molecule has 1 aliphatic rings. The van der Waals surface area contributed by atoms with Gasteiger partial charge in [0.1, 0.15) is 5.82 Å². The predicted octanol–water partition coefficient (Wildman–Crippen LogP) is 3.63. The maximum absolute atomic E-state index is 13.1. The van der Waals surface area contributed by atoms with Crippen LogP contribution in [0.3, 0.4) is 0 Å². The molecule has 1 saturated heterocycles. The first-order valence-corrected chi connectivity index (χ1v) is 10.4. The van der Waals surface area contributed by atoms with E-state index in [2.05, 4.69) is 21.2 Å². The molecule has 2 aromatic carbocycles. The predicted molar refractivity (Wildman–Crippen MR) is 101 cm³/mol. The van der Waals surface area contributed by atoms with E-state index in [0.717, 1.165) is 16.6 Å². The zero-order valence-electron chi connectivity index (χ0n) is 13.9. The van der Waals surface area contributed by atoms with Gasteiger partial charge in [0.25, 0.3) is 0 Å². The Bertz CT molecular complexity index is 903. The van der Waals surface area contributed by atoms with Gasteiger partial charge in [0, 0.05) is 17.6 Å². The molecule has 1 N–H and O–H groups in total. The normalized spacial score (nSPS) is 18.5. The van der Waals surface area contributed by atoms with Gasteiger partial charge in [-0.25, -0.2) is 12.8 Å². The summed E-state index contributed by atoms with van der Waals surface area (Å²) in [4.78, 5) is 12.6. The summed E-state index contributed by atoms with van der Waals surface area (Å²) in [7, 11) is -3.75. The summed E-state index contributed by atoms with van der Waals surface area (Å²) in [5.74, 6) is -1.14. The van der Waals surface area contributed by atoms with Crippen molar-refractivity contribution < 1.29 is 17.6 Å². The summed E-state index contributed by atoms with van der Waals surface area (Å²) in [6.45, 7) is 0.453. The van der Waals surface area contributed by atoms with Gasteiger partial charge in [-0.05, 0) is 65.2 Å². The molecule has 0 aromatic heterocycles. The minimum absolute atomic E-state index is 0.0331. The number of sulfonamides is 1. The van der Waals surface area contributed by atoms with Crippen LogP contribution in [0.25, 0.3) is 0 Å². The Labute approximate surface area is 160 Å². The highest BCUT2D eigenvalue weighted by molar-refractivity contribution is 9.10. The van der Waals surface area contributed by atoms with Gasteiger partial charge in [0.05, 0.1) is 16.5 Å².